The van der Waals surface area contributed by atoms with Crippen molar-refractivity contribution in [2.24, 2.45) is 5.41 Å². The van der Waals surface area contributed by atoms with Crippen LogP contribution in [-0.4, -0.2) is 74.2 Å². The molecule has 39 heavy (non-hydrogen) atoms. The highest BCUT2D eigenvalue weighted by Gasteiger charge is 2.58. The van der Waals surface area contributed by atoms with E-state index in [0.29, 0.717) is 0 Å². The second-order valence-corrected chi connectivity index (χ2v) is 14.9. The number of aliphatic hydroxyl groups excluding tert-OH is 1. The molecule has 1 fully saturated rings. The number of alkyl halides is 2. The van der Waals surface area contributed by atoms with Crippen LogP contribution in [0.25, 0.3) is 0 Å². The van der Waals surface area contributed by atoms with E-state index >= 15 is 4.39 Å². The molecule has 2 rings (SSSR count). The maximum absolute atomic E-state index is 15.3. The van der Waals surface area contributed by atoms with Crippen molar-refractivity contribution in [3.63, 3.8) is 0 Å². The number of aromatic nitrogens is 2. The molecule has 0 unspecified atom stereocenters. The lowest BCUT2D eigenvalue weighted by Crippen LogP contribution is -2.41. The maximum Gasteiger partial charge on any atom is 0.351 e. The zero-order valence-electron chi connectivity index (χ0n) is 22.5. The highest BCUT2D eigenvalue weighted by molar-refractivity contribution is 8.13. The van der Waals surface area contributed by atoms with Crippen LogP contribution >= 0.6 is 30.0 Å². The van der Waals surface area contributed by atoms with Crippen molar-refractivity contribution in [3.05, 3.63) is 22.7 Å². The Morgan fingerprint density at radius 1 is 1.41 bits per heavy atom. The van der Waals surface area contributed by atoms with E-state index < -0.39 is 59.9 Å². The van der Waals surface area contributed by atoms with E-state index in [1.165, 1.54) is 13.0 Å². The van der Waals surface area contributed by atoms with Gasteiger partial charge in [0, 0.05) is 17.4 Å². The molecule has 0 spiro atoms. The summed E-state index contributed by atoms with van der Waals surface area (Å²) >= 11 is 12.6. The minimum atomic E-state index is -3.50. The fourth-order valence-corrected chi connectivity index (χ4v) is 6.69. The number of anilines is 1. The molecule has 0 radical (unpaired) electrons. The number of esters is 1. The predicted molar refractivity (Wildman–Crippen MR) is 149 cm³/mol. The van der Waals surface area contributed by atoms with E-state index in [1.807, 2.05) is 0 Å². The third-order valence-corrected chi connectivity index (χ3v) is 9.46. The average Bonchev–Trinajstić information content (AvgIpc) is 3.03. The summed E-state index contributed by atoms with van der Waals surface area (Å²) in [6, 6.07) is 0.294. The lowest BCUT2D eigenvalue weighted by Gasteiger charge is -2.28. The van der Waals surface area contributed by atoms with Crippen molar-refractivity contribution in [2.75, 3.05) is 24.7 Å². The first-order valence-corrected chi connectivity index (χ1v) is 16.0. The fourth-order valence-electron chi connectivity index (χ4n) is 3.13. The van der Waals surface area contributed by atoms with Crippen molar-refractivity contribution in [1.82, 2.24) is 14.6 Å². The van der Waals surface area contributed by atoms with E-state index in [4.69, 9.17) is 47.7 Å². The summed E-state index contributed by atoms with van der Waals surface area (Å²) in [4.78, 5) is 40.3. The molecule has 0 saturated carbocycles. The number of aliphatic hydroxyl groups is 1. The second-order valence-electron chi connectivity index (χ2n) is 10.0. The lowest BCUT2D eigenvalue weighted by molar-refractivity contribution is -0.149. The van der Waals surface area contributed by atoms with Gasteiger partial charge < -0.3 is 29.4 Å². The van der Waals surface area contributed by atoms with Crippen LogP contribution in [0.5, 0.6) is 0 Å². The SMILES string of the molecule is CC(C)OC(=O)[C@H](C)N[P@](=S)(OCCSC(=O)C(C)(C)C)OC[C@H]1O[C@@H](n2ccc(N)nc2=O)[C@](F)(Cl)[C@@H]1O. The van der Waals surface area contributed by atoms with Gasteiger partial charge in [-0.2, -0.15) is 4.98 Å². The van der Waals surface area contributed by atoms with Gasteiger partial charge in [-0.1, -0.05) is 44.1 Å². The Kier molecular flexibility index (Phi) is 11.9. The van der Waals surface area contributed by atoms with Gasteiger partial charge in [0.25, 0.3) is 11.8 Å². The molecule has 2 heterocycles. The normalized spacial score (nSPS) is 25.8. The average molecular weight is 633 g/mol. The Hall–Kier alpha value is -1.16. The molecule has 1 aromatic rings. The molecular formula is C22H35ClFN4O8PS2. The number of ether oxygens (including phenoxy) is 2. The van der Waals surface area contributed by atoms with E-state index in [2.05, 4.69) is 10.1 Å². The van der Waals surface area contributed by atoms with Crippen LogP contribution in [-0.2, 0) is 39.9 Å². The molecular weight excluding hydrogens is 598 g/mol. The number of nitrogens with two attached hydrogens (primary N) is 1. The summed E-state index contributed by atoms with van der Waals surface area (Å²) < 4.78 is 38.3. The Morgan fingerprint density at radius 2 is 2.05 bits per heavy atom. The van der Waals surface area contributed by atoms with Gasteiger partial charge in [0.2, 0.25) is 0 Å². The summed E-state index contributed by atoms with van der Waals surface area (Å²) in [5.41, 5.74) is 3.99. The highest BCUT2D eigenvalue weighted by atomic mass is 35.5. The molecule has 1 saturated heterocycles. The summed E-state index contributed by atoms with van der Waals surface area (Å²) in [6.07, 6.45) is -4.33. The number of nitrogens with one attached hydrogen (secondary N) is 1. The van der Waals surface area contributed by atoms with Gasteiger partial charge in [0.1, 0.15) is 24.1 Å². The quantitative estimate of drug-likeness (QED) is 0.133. The van der Waals surface area contributed by atoms with Gasteiger partial charge in [-0.15, -0.1) is 0 Å². The van der Waals surface area contributed by atoms with Crippen LogP contribution in [0.15, 0.2) is 17.1 Å². The number of rotatable bonds is 12. The maximum atomic E-state index is 15.3. The predicted octanol–water partition coefficient (Wildman–Crippen LogP) is 2.48. The summed E-state index contributed by atoms with van der Waals surface area (Å²) in [5, 5.41) is 10.4. The molecule has 0 aromatic carbocycles. The van der Waals surface area contributed by atoms with Crippen molar-refractivity contribution in [3.8, 4) is 0 Å². The van der Waals surface area contributed by atoms with Gasteiger partial charge in [0.15, 0.2) is 11.3 Å². The van der Waals surface area contributed by atoms with Crippen molar-refractivity contribution in [2.45, 2.75) is 77.3 Å². The Balaban J connectivity index is 2.16. The van der Waals surface area contributed by atoms with Gasteiger partial charge >= 0.3 is 11.7 Å². The number of carbonyl (C=O) groups excluding carboxylic acids is 2. The van der Waals surface area contributed by atoms with Crippen LogP contribution in [0.2, 0.25) is 0 Å². The topological polar surface area (TPSA) is 164 Å². The highest BCUT2D eigenvalue weighted by Crippen LogP contribution is 2.48. The van der Waals surface area contributed by atoms with Crippen LogP contribution in [0.3, 0.4) is 0 Å². The first-order valence-electron chi connectivity index (χ1n) is 12.0. The molecule has 222 valence electrons. The lowest BCUT2D eigenvalue weighted by atomic mass is 10.00. The van der Waals surface area contributed by atoms with E-state index in [1.54, 1.807) is 34.6 Å². The number of nitrogen functional groups attached to an aromatic ring is 1. The molecule has 0 bridgehead atoms. The van der Waals surface area contributed by atoms with Crippen LogP contribution in [0.1, 0.15) is 47.8 Å². The third kappa shape index (κ3) is 9.44. The van der Waals surface area contributed by atoms with Crippen molar-refractivity contribution >= 4 is 58.7 Å². The van der Waals surface area contributed by atoms with E-state index in [9.17, 15) is 19.5 Å². The first kappa shape index (κ1) is 34.0. The minimum Gasteiger partial charge on any atom is -0.462 e. The van der Waals surface area contributed by atoms with E-state index in [0.717, 1.165) is 22.5 Å². The zero-order valence-corrected chi connectivity index (χ0v) is 25.7. The van der Waals surface area contributed by atoms with Crippen LogP contribution in [0.4, 0.5) is 10.2 Å². The first-order chi connectivity index (χ1) is 17.9. The number of thioether (sulfide) groups is 1. The Labute approximate surface area is 240 Å². The molecule has 1 aliphatic heterocycles. The number of nitrogens with zero attached hydrogens (tertiary/aromatic N) is 2. The largest absolute Gasteiger partial charge is 0.462 e. The molecule has 0 aliphatic carbocycles. The minimum absolute atomic E-state index is 0.0194. The van der Waals surface area contributed by atoms with Gasteiger partial charge in [-0.3, -0.25) is 14.2 Å². The summed E-state index contributed by atoms with van der Waals surface area (Å²) in [5.74, 6) is -0.457. The van der Waals surface area contributed by atoms with Gasteiger partial charge in [0.05, 0.1) is 19.3 Å². The van der Waals surface area contributed by atoms with Crippen LogP contribution in [0, 0.1) is 5.41 Å². The molecule has 6 atom stereocenters. The number of carbonyl (C=O) groups is 2. The monoisotopic (exact) mass is 632 g/mol. The molecule has 4 N–H and O–H groups in total. The fraction of sp³-hybridized carbons (Fsp3) is 0.727. The van der Waals surface area contributed by atoms with Gasteiger partial charge in [-0.05, 0) is 38.6 Å². The molecule has 17 heteroatoms. The van der Waals surface area contributed by atoms with Gasteiger partial charge in [-0.25, -0.2) is 14.3 Å². The Morgan fingerprint density at radius 3 is 2.62 bits per heavy atom. The smallest absolute Gasteiger partial charge is 0.351 e. The number of hydrogen-bond donors (Lipinski definition) is 3. The number of halogens is 2. The van der Waals surface area contributed by atoms with Crippen molar-refractivity contribution < 1.29 is 37.6 Å². The van der Waals surface area contributed by atoms with Crippen LogP contribution < -0.4 is 16.5 Å². The third-order valence-electron chi connectivity index (χ3n) is 5.14. The molecule has 0 amide bonds. The Bertz CT molecular complexity index is 1140. The standard InChI is InChI=1S/C22H35ClFN4O8PS2/c1-12(2)35-17(30)13(3)27-37(38,33-9-10-39-19(31)21(4,5)6)34-11-14-16(29)22(23,24)18(36-14)28-8-7-15(25)26-20(28)32/h7-8,12-14,16,18,29H,9-11H2,1-6H3,(H,27,38)(H2,25,26,32)/t13-,14+,16+,18+,22-,37-/m0/s1. The van der Waals surface area contributed by atoms with Crippen molar-refractivity contribution in [1.29, 1.82) is 0 Å². The molecule has 12 nitrogen and oxygen atoms in total. The number of hydrogen-bond acceptors (Lipinski definition) is 12. The van der Waals surface area contributed by atoms with E-state index in [-0.39, 0.29) is 29.4 Å². The summed E-state index contributed by atoms with van der Waals surface area (Å²) in [6.45, 7) is 6.20. The second kappa shape index (κ2) is 13.7. The molecule has 1 aromatic heterocycles. The molecule has 1 aliphatic rings. The zero-order chi connectivity index (χ0) is 29.8. The summed E-state index contributed by atoms with van der Waals surface area (Å²) in [7, 11) is 0.